The number of hydrogen-bond acceptors (Lipinski definition) is 8. The number of nitrogens with zero attached hydrogens (tertiary/aromatic N) is 3. The van der Waals surface area contributed by atoms with Gasteiger partial charge in [0, 0.05) is 40.9 Å². The second-order valence-electron chi connectivity index (χ2n) is 9.33. The molecule has 0 bridgehead atoms. The fourth-order valence-electron chi connectivity index (χ4n) is 5.21. The van der Waals surface area contributed by atoms with Gasteiger partial charge in [0.15, 0.2) is 18.2 Å². The minimum absolute atomic E-state index is 0.0528. The Kier molecular flexibility index (Phi) is 6.22. The molecule has 0 saturated carbocycles. The van der Waals surface area contributed by atoms with E-state index in [1.807, 2.05) is 36.2 Å². The highest BCUT2D eigenvalue weighted by Gasteiger charge is 2.29. The van der Waals surface area contributed by atoms with Crippen LogP contribution in [-0.4, -0.2) is 65.4 Å². The van der Waals surface area contributed by atoms with Crippen molar-refractivity contribution in [2.45, 2.75) is 42.8 Å². The lowest BCUT2D eigenvalue weighted by atomic mass is 9.97. The first-order valence-corrected chi connectivity index (χ1v) is 13.1. The number of carbonyl (C=O) groups excluding carboxylic acids is 1. The molecule has 0 spiro atoms. The summed E-state index contributed by atoms with van der Waals surface area (Å²) in [6, 6.07) is 11.0. The first-order valence-electron chi connectivity index (χ1n) is 12.1. The Bertz CT molecular complexity index is 1260. The second kappa shape index (κ2) is 9.64. The summed E-state index contributed by atoms with van der Waals surface area (Å²) in [6.07, 6.45) is 5.32. The highest BCUT2D eigenvalue weighted by Crippen LogP contribution is 2.37. The molecule has 0 radical (unpaired) electrons. The summed E-state index contributed by atoms with van der Waals surface area (Å²) in [4.78, 5) is 24.7. The van der Waals surface area contributed by atoms with Crippen molar-refractivity contribution < 1.29 is 14.3 Å². The van der Waals surface area contributed by atoms with Crippen LogP contribution in [0.5, 0.6) is 11.5 Å². The third kappa shape index (κ3) is 4.68. The summed E-state index contributed by atoms with van der Waals surface area (Å²) >= 11 is 1.93. The Morgan fingerprint density at radius 1 is 1.26 bits per heavy atom. The van der Waals surface area contributed by atoms with Gasteiger partial charge in [-0.15, -0.1) is 11.8 Å². The Balaban J connectivity index is 1.06. The molecule has 1 unspecified atom stereocenters. The van der Waals surface area contributed by atoms with Crippen LogP contribution in [0.15, 0.2) is 41.4 Å². The number of aromatic nitrogens is 2. The van der Waals surface area contributed by atoms with E-state index >= 15 is 0 Å². The maximum Gasteiger partial charge on any atom is 0.263 e. The van der Waals surface area contributed by atoms with Crippen LogP contribution in [0, 0.1) is 0 Å². The van der Waals surface area contributed by atoms with Crippen LogP contribution in [0.25, 0.3) is 10.9 Å². The van der Waals surface area contributed by atoms with E-state index in [-0.39, 0.29) is 12.5 Å². The Hall–Kier alpha value is -2.88. The first-order chi connectivity index (χ1) is 17.2. The van der Waals surface area contributed by atoms with Gasteiger partial charge >= 0.3 is 0 Å². The summed E-state index contributed by atoms with van der Waals surface area (Å²) in [6.45, 7) is 2.91. The lowest BCUT2D eigenvalue weighted by molar-refractivity contribution is -0.118. The Morgan fingerprint density at radius 3 is 3.00 bits per heavy atom. The molecule has 35 heavy (non-hydrogen) atoms. The molecule has 1 atom stereocenters. The van der Waals surface area contributed by atoms with E-state index in [1.54, 1.807) is 7.11 Å². The number of pyridine rings is 2. The number of thioether (sulfide) groups is 1. The van der Waals surface area contributed by atoms with Gasteiger partial charge in [-0.25, -0.2) is 4.98 Å². The second-order valence-corrected chi connectivity index (χ2v) is 10.4. The smallest absolute Gasteiger partial charge is 0.263 e. The van der Waals surface area contributed by atoms with E-state index in [0.717, 1.165) is 55.1 Å². The Labute approximate surface area is 208 Å². The summed E-state index contributed by atoms with van der Waals surface area (Å²) < 4.78 is 10.9. The average molecular weight is 492 g/mol. The zero-order valence-corrected chi connectivity index (χ0v) is 20.6. The number of nitrogens with one attached hydrogen (secondary N) is 2. The van der Waals surface area contributed by atoms with E-state index in [9.17, 15) is 4.79 Å². The number of piperidine rings is 1. The first kappa shape index (κ1) is 22.6. The molecule has 0 aliphatic carbocycles. The van der Waals surface area contributed by atoms with Crippen LogP contribution in [0.1, 0.15) is 24.1 Å². The molecule has 182 valence electrons. The van der Waals surface area contributed by atoms with Gasteiger partial charge in [-0.05, 0) is 68.2 Å². The molecule has 3 aliphatic rings. The number of benzene rings is 1. The monoisotopic (exact) mass is 491 g/mol. The normalized spacial score (nSPS) is 20.6. The van der Waals surface area contributed by atoms with Crippen LogP contribution in [0.3, 0.4) is 0 Å². The minimum atomic E-state index is -0.158. The SMILES string of the molecule is COc1ccc2ncc3c(c2c1)CC(N1CCC(NCc2ccc4c(n2)NC(=O)CO4)CC1)CS3. The fourth-order valence-corrected chi connectivity index (χ4v) is 6.40. The number of hydrogen-bond donors (Lipinski definition) is 2. The molecule has 6 rings (SSSR count). The van der Waals surface area contributed by atoms with Crippen molar-refractivity contribution in [3.8, 4) is 11.5 Å². The molecule has 1 saturated heterocycles. The van der Waals surface area contributed by atoms with Crippen LogP contribution >= 0.6 is 11.8 Å². The van der Waals surface area contributed by atoms with Crippen molar-refractivity contribution in [1.29, 1.82) is 0 Å². The van der Waals surface area contributed by atoms with Crippen LogP contribution in [0.2, 0.25) is 0 Å². The molecule has 2 aromatic heterocycles. The lowest BCUT2D eigenvalue weighted by Gasteiger charge is -2.39. The van der Waals surface area contributed by atoms with Crippen molar-refractivity contribution in [1.82, 2.24) is 20.2 Å². The quantitative estimate of drug-likeness (QED) is 0.563. The minimum Gasteiger partial charge on any atom is -0.497 e. The average Bonchev–Trinajstić information content (AvgIpc) is 2.91. The molecule has 1 aromatic carbocycles. The molecule has 2 N–H and O–H groups in total. The summed E-state index contributed by atoms with van der Waals surface area (Å²) in [7, 11) is 1.72. The van der Waals surface area contributed by atoms with E-state index in [2.05, 4.69) is 37.6 Å². The van der Waals surface area contributed by atoms with Gasteiger partial charge in [0.05, 0.1) is 18.3 Å². The number of likely N-dealkylation sites (tertiary alicyclic amines) is 1. The molecule has 8 nitrogen and oxygen atoms in total. The zero-order valence-electron chi connectivity index (χ0n) is 19.8. The molecule has 5 heterocycles. The maximum absolute atomic E-state index is 11.6. The molecule has 3 aromatic rings. The van der Waals surface area contributed by atoms with Gasteiger partial charge in [0.2, 0.25) is 0 Å². The van der Waals surface area contributed by atoms with E-state index in [0.29, 0.717) is 30.2 Å². The number of rotatable bonds is 5. The van der Waals surface area contributed by atoms with Crippen LogP contribution in [0.4, 0.5) is 5.82 Å². The molecule has 1 amide bonds. The van der Waals surface area contributed by atoms with Gasteiger partial charge < -0.3 is 20.1 Å². The lowest BCUT2D eigenvalue weighted by Crippen LogP contribution is -2.48. The van der Waals surface area contributed by atoms with Crippen molar-refractivity contribution in [2.75, 3.05) is 37.9 Å². The van der Waals surface area contributed by atoms with Gasteiger partial charge in [-0.3, -0.25) is 14.7 Å². The molecule has 9 heteroatoms. The predicted molar refractivity (Wildman–Crippen MR) is 136 cm³/mol. The van der Waals surface area contributed by atoms with Crippen LogP contribution in [-0.2, 0) is 17.8 Å². The summed E-state index contributed by atoms with van der Waals surface area (Å²) in [5.74, 6) is 2.99. The maximum atomic E-state index is 11.6. The number of anilines is 1. The van der Waals surface area contributed by atoms with Gasteiger partial charge in [0.25, 0.3) is 5.91 Å². The van der Waals surface area contributed by atoms with Gasteiger partial charge in [-0.2, -0.15) is 0 Å². The van der Waals surface area contributed by atoms with Crippen molar-refractivity contribution in [3.63, 3.8) is 0 Å². The highest BCUT2D eigenvalue weighted by molar-refractivity contribution is 7.99. The highest BCUT2D eigenvalue weighted by atomic mass is 32.2. The van der Waals surface area contributed by atoms with E-state index < -0.39 is 0 Å². The fraction of sp³-hybridized carbons (Fsp3) is 0.423. The van der Waals surface area contributed by atoms with E-state index in [4.69, 9.17) is 9.47 Å². The topological polar surface area (TPSA) is 88.6 Å². The predicted octanol–water partition coefficient (Wildman–Crippen LogP) is 3.24. The van der Waals surface area contributed by atoms with Gasteiger partial charge in [0.1, 0.15) is 5.75 Å². The van der Waals surface area contributed by atoms with Crippen molar-refractivity contribution in [3.05, 3.63) is 47.8 Å². The van der Waals surface area contributed by atoms with Crippen molar-refractivity contribution in [2.24, 2.45) is 0 Å². The number of methoxy groups -OCH3 is 1. The number of amides is 1. The zero-order chi connectivity index (χ0) is 23.8. The summed E-state index contributed by atoms with van der Waals surface area (Å²) in [5.41, 5.74) is 3.36. The van der Waals surface area contributed by atoms with Crippen molar-refractivity contribution >= 4 is 34.4 Å². The van der Waals surface area contributed by atoms with Gasteiger partial charge in [-0.1, -0.05) is 0 Å². The third-order valence-electron chi connectivity index (χ3n) is 7.17. The molecule has 1 fully saturated rings. The standard InChI is InChI=1S/C26H29N5O3S/c1-33-19-3-4-22-20(11-19)21-10-18(15-35-24(21)13-28-22)31-8-6-16(7-9-31)27-12-17-2-5-23-26(29-17)30-25(32)14-34-23/h2-5,11,13,16,18,27H,6-10,12,14-15H2,1H3,(H,29,30,32). The number of ether oxygens (including phenoxy) is 2. The number of carbonyl (C=O) groups is 1. The molecule has 3 aliphatic heterocycles. The molecular weight excluding hydrogens is 462 g/mol. The van der Waals surface area contributed by atoms with E-state index in [1.165, 1.54) is 15.8 Å². The Morgan fingerprint density at radius 2 is 2.14 bits per heavy atom. The number of fused-ring (bicyclic) bond motifs is 4. The largest absolute Gasteiger partial charge is 0.497 e. The molecular formula is C26H29N5O3S. The summed E-state index contributed by atoms with van der Waals surface area (Å²) in [5, 5.41) is 7.66. The van der Waals surface area contributed by atoms with Crippen LogP contribution < -0.4 is 20.1 Å². The third-order valence-corrected chi connectivity index (χ3v) is 8.38.